The highest BCUT2D eigenvalue weighted by Gasteiger charge is 2.21. The standard InChI is InChI=1S/C21H17N3O2S2/c1-2-26-16-11-9-15(10-12-16)14-22-24(20(25)19-8-5-13-27-19)21-23-17-6-3-4-7-18(17)28-21/h3-14H,2H2,1H3/b22-14-. The summed E-state index contributed by atoms with van der Waals surface area (Å²) in [7, 11) is 0. The zero-order valence-corrected chi connectivity index (χ0v) is 16.7. The van der Waals surface area contributed by atoms with E-state index >= 15 is 0 Å². The van der Waals surface area contributed by atoms with Crippen molar-refractivity contribution >= 4 is 50.1 Å². The molecule has 0 saturated carbocycles. The van der Waals surface area contributed by atoms with Gasteiger partial charge in [0.2, 0.25) is 5.13 Å². The van der Waals surface area contributed by atoms with Crippen LogP contribution in [0.4, 0.5) is 5.13 Å². The second-order valence-electron chi connectivity index (χ2n) is 5.81. The van der Waals surface area contributed by atoms with Gasteiger partial charge in [-0.15, -0.1) is 11.3 Å². The molecule has 0 aliphatic carbocycles. The summed E-state index contributed by atoms with van der Waals surface area (Å²) in [6.45, 7) is 2.57. The van der Waals surface area contributed by atoms with E-state index in [-0.39, 0.29) is 5.91 Å². The van der Waals surface area contributed by atoms with E-state index in [0.717, 1.165) is 21.5 Å². The minimum atomic E-state index is -0.198. The van der Waals surface area contributed by atoms with Gasteiger partial charge >= 0.3 is 0 Å². The Morgan fingerprint density at radius 2 is 1.96 bits per heavy atom. The number of anilines is 1. The highest BCUT2D eigenvalue weighted by atomic mass is 32.1. The molecule has 2 aromatic heterocycles. The van der Waals surface area contributed by atoms with Crippen molar-refractivity contribution in [2.24, 2.45) is 5.10 Å². The Morgan fingerprint density at radius 1 is 1.14 bits per heavy atom. The number of carbonyl (C=O) groups excluding carboxylic acids is 1. The van der Waals surface area contributed by atoms with Gasteiger partial charge in [0.15, 0.2) is 0 Å². The number of hydrogen-bond acceptors (Lipinski definition) is 6. The predicted octanol–water partition coefficient (Wildman–Crippen LogP) is 5.44. The number of benzene rings is 2. The van der Waals surface area contributed by atoms with Crippen molar-refractivity contribution < 1.29 is 9.53 Å². The third kappa shape index (κ3) is 3.95. The van der Waals surface area contributed by atoms with Gasteiger partial charge in [0, 0.05) is 0 Å². The van der Waals surface area contributed by atoms with E-state index in [9.17, 15) is 4.79 Å². The molecule has 2 aromatic carbocycles. The van der Waals surface area contributed by atoms with E-state index in [1.165, 1.54) is 27.7 Å². The zero-order valence-electron chi connectivity index (χ0n) is 15.1. The second-order valence-corrected chi connectivity index (χ2v) is 7.76. The number of thiophene rings is 1. The summed E-state index contributed by atoms with van der Waals surface area (Å²) in [5.74, 6) is 0.605. The summed E-state index contributed by atoms with van der Waals surface area (Å²) in [6.07, 6.45) is 1.66. The summed E-state index contributed by atoms with van der Waals surface area (Å²) < 4.78 is 6.47. The molecule has 2 heterocycles. The summed E-state index contributed by atoms with van der Waals surface area (Å²) >= 11 is 2.83. The normalized spacial score (nSPS) is 11.2. The van der Waals surface area contributed by atoms with Crippen LogP contribution in [-0.4, -0.2) is 23.7 Å². The lowest BCUT2D eigenvalue weighted by Crippen LogP contribution is -2.24. The molecular weight excluding hydrogens is 390 g/mol. The van der Waals surface area contributed by atoms with E-state index in [1.807, 2.05) is 66.9 Å². The fourth-order valence-corrected chi connectivity index (χ4v) is 4.16. The molecule has 7 heteroatoms. The van der Waals surface area contributed by atoms with Gasteiger partial charge in [0.25, 0.3) is 5.91 Å². The molecule has 0 N–H and O–H groups in total. The number of fused-ring (bicyclic) bond motifs is 1. The molecule has 1 amide bonds. The average molecular weight is 408 g/mol. The maximum Gasteiger partial charge on any atom is 0.290 e. The lowest BCUT2D eigenvalue weighted by Gasteiger charge is -2.12. The molecule has 0 bridgehead atoms. The third-order valence-electron chi connectivity index (χ3n) is 3.90. The smallest absolute Gasteiger partial charge is 0.290 e. The number of rotatable bonds is 6. The van der Waals surface area contributed by atoms with Crippen LogP contribution in [0.25, 0.3) is 10.2 Å². The summed E-state index contributed by atoms with van der Waals surface area (Å²) in [5, 5.41) is 8.25. The van der Waals surface area contributed by atoms with Gasteiger partial charge in [0.1, 0.15) is 5.75 Å². The molecule has 0 spiro atoms. The van der Waals surface area contributed by atoms with Gasteiger partial charge in [-0.3, -0.25) is 4.79 Å². The van der Waals surface area contributed by atoms with Crippen molar-refractivity contribution in [1.29, 1.82) is 0 Å². The van der Waals surface area contributed by atoms with E-state index in [0.29, 0.717) is 16.6 Å². The summed E-state index contributed by atoms with van der Waals surface area (Å²) in [6, 6.07) is 19.0. The molecule has 0 aliphatic rings. The molecule has 28 heavy (non-hydrogen) atoms. The van der Waals surface area contributed by atoms with Gasteiger partial charge in [-0.05, 0) is 60.3 Å². The highest BCUT2D eigenvalue weighted by molar-refractivity contribution is 7.22. The maximum atomic E-state index is 13.0. The Bertz CT molecular complexity index is 1070. The number of amides is 1. The Balaban J connectivity index is 1.67. The van der Waals surface area contributed by atoms with Crippen molar-refractivity contribution in [3.63, 3.8) is 0 Å². The van der Waals surface area contributed by atoms with E-state index in [2.05, 4.69) is 10.1 Å². The van der Waals surface area contributed by atoms with Crippen molar-refractivity contribution in [2.45, 2.75) is 6.92 Å². The molecule has 4 rings (SSSR count). The van der Waals surface area contributed by atoms with Gasteiger partial charge in [0.05, 0.1) is 27.9 Å². The quantitative estimate of drug-likeness (QED) is 0.316. The first-order valence-electron chi connectivity index (χ1n) is 8.75. The van der Waals surface area contributed by atoms with E-state index in [1.54, 1.807) is 12.3 Å². The summed E-state index contributed by atoms with van der Waals surface area (Å²) in [4.78, 5) is 18.2. The first-order chi connectivity index (χ1) is 13.7. The predicted molar refractivity (Wildman–Crippen MR) is 116 cm³/mol. The number of thiazole rings is 1. The minimum absolute atomic E-state index is 0.198. The highest BCUT2D eigenvalue weighted by Crippen LogP contribution is 2.30. The van der Waals surface area contributed by atoms with Crippen LogP contribution in [0.15, 0.2) is 71.1 Å². The SMILES string of the molecule is CCOc1ccc(/C=N\N(C(=O)c2cccs2)c2nc3ccccc3s2)cc1. The first kappa shape index (κ1) is 18.3. The van der Waals surface area contributed by atoms with Crippen LogP contribution in [-0.2, 0) is 0 Å². The number of para-hydroxylation sites is 1. The van der Waals surface area contributed by atoms with E-state index < -0.39 is 0 Å². The minimum Gasteiger partial charge on any atom is -0.494 e. The third-order valence-corrected chi connectivity index (χ3v) is 5.77. The first-order valence-corrected chi connectivity index (χ1v) is 10.4. The van der Waals surface area contributed by atoms with Crippen molar-refractivity contribution in [3.05, 3.63) is 76.5 Å². The molecule has 0 radical (unpaired) electrons. The number of nitrogens with zero attached hydrogens (tertiary/aromatic N) is 3. The molecule has 0 fully saturated rings. The maximum absolute atomic E-state index is 13.0. The fraction of sp³-hybridized carbons (Fsp3) is 0.0952. The Hall–Kier alpha value is -3.03. The lowest BCUT2D eigenvalue weighted by atomic mass is 10.2. The second kappa shape index (κ2) is 8.33. The van der Waals surface area contributed by atoms with Gasteiger partial charge < -0.3 is 4.74 Å². The van der Waals surface area contributed by atoms with Crippen molar-refractivity contribution in [1.82, 2.24) is 4.98 Å². The topological polar surface area (TPSA) is 54.8 Å². The Kier molecular flexibility index (Phi) is 5.45. The van der Waals surface area contributed by atoms with Gasteiger partial charge in [-0.2, -0.15) is 10.1 Å². The van der Waals surface area contributed by atoms with Crippen LogP contribution < -0.4 is 9.75 Å². The number of hydrogen-bond donors (Lipinski definition) is 0. The Labute approximate surface area is 170 Å². The lowest BCUT2D eigenvalue weighted by molar-refractivity contribution is 0.0991. The molecule has 4 aromatic rings. The van der Waals surface area contributed by atoms with Crippen LogP contribution in [0.1, 0.15) is 22.2 Å². The van der Waals surface area contributed by atoms with Gasteiger partial charge in [-0.1, -0.05) is 29.5 Å². The number of ether oxygens (including phenoxy) is 1. The number of aromatic nitrogens is 1. The molecule has 0 saturated heterocycles. The van der Waals surface area contributed by atoms with Crippen LogP contribution in [0.3, 0.4) is 0 Å². The zero-order chi connectivity index (χ0) is 19.3. The van der Waals surface area contributed by atoms with Crippen molar-refractivity contribution in [2.75, 3.05) is 11.6 Å². The molecule has 5 nitrogen and oxygen atoms in total. The van der Waals surface area contributed by atoms with E-state index in [4.69, 9.17) is 4.74 Å². The molecule has 0 atom stereocenters. The molecule has 140 valence electrons. The molecular formula is C21H17N3O2S2. The average Bonchev–Trinajstić information content (AvgIpc) is 3.39. The largest absolute Gasteiger partial charge is 0.494 e. The van der Waals surface area contributed by atoms with Crippen LogP contribution >= 0.6 is 22.7 Å². The molecule has 0 aliphatic heterocycles. The van der Waals surface area contributed by atoms with Gasteiger partial charge in [-0.25, -0.2) is 4.98 Å². The number of hydrazone groups is 1. The van der Waals surface area contributed by atoms with Crippen LogP contribution in [0.5, 0.6) is 5.75 Å². The Morgan fingerprint density at radius 3 is 2.68 bits per heavy atom. The summed E-state index contributed by atoms with van der Waals surface area (Å²) in [5.41, 5.74) is 1.72. The molecule has 0 unspecified atom stereocenters. The number of carbonyl (C=O) groups is 1. The van der Waals surface area contributed by atoms with Crippen molar-refractivity contribution in [3.8, 4) is 5.75 Å². The fourth-order valence-electron chi connectivity index (χ4n) is 2.59. The van der Waals surface area contributed by atoms with Crippen LogP contribution in [0.2, 0.25) is 0 Å². The van der Waals surface area contributed by atoms with Crippen LogP contribution in [0, 0.1) is 0 Å². The monoisotopic (exact) mass is 407 g/mol.